The molecule has 2 aliphatic rings. The van der Waals surface area contributed by atoms with E-state index in [9.17, 15) is 4.79 Å². The minimum absolute atomic E-state index is 0.0370. The first-order valence-corrected chi connectivity index (χ1v) is 13.1. The number of hydrogen-bond donors (Lipinski definition) is 1. The van der Waals surface area contributed by atoms with Gasteiger partial charge in [-0.1, -0.05) is 17.3 Å². The molecule has 2 aromatic heterocycles. The molecule has 0 bridgehead atoms. The molecular weight excluding hydrogens is 454 g/mol. The molecule has 1 aromatic carbocycles. The molecule has 2 saturated heterocycles. The second-order valence-corrected chi connectivity index (χ2v) is 10.2. The van der Waals surface area contributed by atoms with E-state index in [4.69, 9.17) is 4.52 Å². The van der Waals surface area contributed by atoms with Crippen molar-refractivity contribution in [2.75, 3.05) is 62.2 Å². The second-order valence-electron chi connectivity index (χ2n) is 10.2. The Hall–Kier alpha value is -3.20. The molecule has 192 valence electrons. The number of nitrogens with one attached hydrogen (secondary N) is 1. The Morgan fingerprint density at radius 1 is 1.08 bits per heavy atom. The van der Waals surface area contributed by atoms with Crippen LogP contribution in [0.3, 0.4) is 0 Å². The second kappa shape index (κ2) is 10.8. The van der Waals surface area contributed by atoms with Crippen LogP contribution in [0.2, 0.25) is 0 Å². The van der Waals surface area contributed by atoms with Crippen LogP contribution in [0.4, 0.5) is 11.5 Å². The normalized spacial score (nSPS) is 19.1. The highest BCUT2D eigenvalue weighted by atomic mass is 16.5. The molecule has 0 aliphatic carbocycles. The highest BCUT2D eigenvalue weighted by molar-refractivity contribution is 5.88. The SMILES string of the molecule is Cc1ccc(C)c(N2CCN(CCCNC(=O)C3CCCN(c4ncnc5onc(C)c45)C3)CC2)c1. The van der Waals surface area contributed by atoms with Crippen molar-refractivity contribution in [3.8, 4) is 0 Å². The van der Waals surface area contributed by atoms with Crippen LogP contribution in [-0.2, 0) is 4.79 Å². The van der Waals surface area contributed by atoms with E-state index in [1.165, 1.54) is 23.1 Å². The summed E-state index contributed by atoms with van der Waals surface area (Å²) in [5, 5.41) is 8.06. The lowest BCUT2D eigenvalue weighted by Crippen LogP contribution is -2.47. The van der Waals surface area contributed by atoms with E-state index in [0.717, 1.165) is 82.0 Å². The Labute approximate surface area is 212 Å². The summed E-state index contributed by atoms with van der Waals surface area (Å²) in [5.41, 5.74) is 5.30. The Morgan fingerprint density at radius 3 is 2.75 bits per heavy atom. The number of hydrogen-bond acceptors (Lipinski definition) is 8. The first-order chi connectivity index (χ1) is 17.5. The minimum Gasteiger partial charge on any atom is -0.369 e. The number of aryl methyl sites for hydroxylation is 3. The monoisotopic (exact) mass is 491 g/mol. The Balaban J connectivity index is 1.06. The van der Waals surface area contributed by atoms with Crippen molar-refractivity contribution in [3.63, 3.8) is 0 Å². The number of fused-ring (bicyclic) bond motifs is 1. The van der Waals surface area contributed by atoms with Gasteiger partial charge in [-0.15, -0.1) is 0 Å². The van der Waals surface area contributed by atoms with E-state index in [2.05, 4.69) is 67.2 Å². The molecule has 0 radical (unpaired) electrons. The summed E-state index contributed by atoms with van der Waals surface area (Å²) in [6.07, 6.45) is 4.34. The van der Waals surface area contributed by atoms with Gasteiger partial charge in [-0.25, -0.2) is 4.98 Å². The van der Waals surface area contributed by atoms with E-state index in [0.29, 0.717) is 12.3 Å². The number of aromatic nitrogens is 3. The maximum Gasteiger partial charge on any atom is 0.263 e. The number of benzene rings is 1. The number of carbonyl (C=O) groups is 1. The van der Waals surface area contributed by atoms with Gasteiger partial charge in [0.1, 0.15) is 17.5 Å². The quantitative estimate of drug-likeness (QED) is 0.505. The van der Waals surface area contributed by atoms with Crippen LogP contribution in [0, 0.1) is 26.7 Å². The van der Waals surface area contributed by atoms with Crippen LogP contribution in [-0.4, -0.2) is 78.3 Å². The number of nitrogens with zero attached hydrogens (tertiary/aromatic N) is 6. The third-order valence-corrected chi connectivity index (χ3v) is 7.54. The lowest BCUT2D eigenvalue weighted by atomic mass is 9.97. The summed E-state index contributed by atoms with van der Waals surface area (Å²) < 4.78 is 5.29. The number of piperazine rings is 1. The van der Waals surface area contributed by atoms with Gasteiger partial charge in [0.05, 0.1) is 11.6 Å². The van der Waals surface area contributed by atoms with E-state index in [1.807, 2.05) is 6.92 Å². The average molecular weight is 492 g/mol. The molecule has 2 fully saturated rings. The summed E-state index contributed by atoms with van der Waals surface area (Å²) in [6.45, 7) is 13.7. The molecule has 4 heterocycles. The third kappa shape index (κ3) is 5.31. The molecule has 1 N–H and O–H groups in total. The maximum absolute atomic E-state index is 12.9. The number of amides is 1. The van der Waals surface area contributed by atoms with Gasteiger partial charge in [0.25, 0.3) is 5.71 Å². The summed E-state index contributed by atoms with van der Waals surface area (Å²) in [7, 11) is 0. The van der Waals surface area contributed by atoms with Gasteiger partial charge in [0.15, 0.2) is 0 Å². The first kappa shape index (κ1) is 24.5. The topological polar surface area (TPSA) is 90.6 Å². The molecule has 5 rings (SSSR count). The smallest absolute Gasteiger partial charge is 0.263 e. The minimum atomic E-state index is -0.0370. The van der Waals surface area contributed by atoms with E-state index in [1.54, 1.807) is 0 Å². The van der Waals surface area contributed by atoms with Crippen molar-refractivity contribution in [3.05, 3.63) is 41.3 Å². The Bertz CT molecular complexity index is 1200. The largest absolute Gasteiger partial charge is 0.369 e. The predicted octanol–water partition coefficient (Wildman–Crippen LogP) is 3.09. The molecule has 0 saturated carbocycles. The standard InChI is InChI=1S/C27H37N7O2/c1-19-7-8-20(2)23(16-19)33-14-12-32(13-15-33)10-5-9-28-26(35)22-6-4-11-34(17-22)25-24-21(3)31-36-27(24)30-18-29-25/h7-8,16,18,22H,4-6,9-15,17H2,1-3H3,(H,28,35). The molecule has 1 unspecified atom stereocenters. The van der Waals surface area contributed by atoms with Crippen LogP contribution in [0.5, 0.6) is 0 Å². The fraction of sp³-hybridized carbons (Fsp3) is 0.556. The fourth-order valence-electron chi connectivity index (χ4n) is 5.46. The summed E-state index contributed by atoms with van der Waals surface area (Å²) in [6, 6.07) is 6.70. The lowest BCUT2D eigenvalue weighted by Gasteiger charge is -2.37. The van der Waals surface area contributed by atoms with Crippen LogP contribution < -0.4 is 15.1 Å². The van der Waals surface area contributed by atoms with Gasteiger partial charge < -0.3 is 19.6 Å². The number of rotatable bonds is 7. The summed E-state index contributed by atoms with van der Waals surface area (Å²) >= 11 is 0. The van der Waals surface area contributed by atoms with Crippen LogP contribution in [0.25, 0.3) is 11.1 Å². The van der Waals surface area contributed by atoms with Crippen molar-refractivity contribution < 1.29 is 9.32 Å². The zero-order chi connectivity index (χ0) is 25.1. The lowest BCUT2D eigenvalue weighted by molar-refractivity contribution is -0.125. The average Bonchev–Trinajstić information content (AvgIpc) is 3.29. The highest BCUT2D eigenvalue weighted by Crippen LogP contribution is 2.29. The molecule has 36 heavy (non-hydrogen) atoms. The van der Waals surface area contributed by atoms with Gasteiger partial charge in [0, 0.05) is 51.5 Å². The van der Waals surface area contributed by atoms with Crippen molar-refractivity contribution >= 4 is 28.5 Å². The zero-order valence-corrected chi connectivity index (χ0v) is 21.7. The van der Waals surface area contributed by atoms with Gasteiger partial charge in [-0.2, -0.15) is 4.98 Å². The van der Waals surface area contributed by atoms with Gasteiger partial charge >= 0.3 is 0 Å². The summed E-state index contributed by atoms with van der Waals surface area (Å²) in [4.78, 5) is 28.8. The van der Waals surface area contributed by atoms with E-state index >= 15 is 0 Å². The molecule has 2 aliphatic heterocycles. The molecule has 0 spiro atoms. The molecular formula is C27H37N7O2. The Kier molecular flexibility index (Phi) is 7.36. The number of anilines is 2. The zero-order valence-electron chi connectivity index (χ0n) is 21.7. The highest BCUT2D eigenvalue weighted by Gasteiger charge is 2.28. The first-order valence-electron chi connectivity index (χ1n) is 13.1. The van der Waals surface area contributed by atoms with E-state index in [-0.39, 0.29) is 11.8 Å². The Morgan fingerprint density at radius 2 is 1.92 bits per heavy atom. The van der Waals surface area contributed by atoms with Gasteiger partial charge in [0.2, 0.25) is 5.91 Å². The number of carbonyl (C=O) groups excluding carboxylic acids is 1. The van der Waals surface area contributed by atoms with Crippen molar-refractivity contribution in [1.82, 2.24) is 25.3 Å². The van der Waals surface area contributed by atoms with Gasteiger partial charge in [-0.3, -0.25) is 9.69 Å². The molecule has 9 heteroatoms. The van der Waals surface area contributed by atoms with Crippen molar-refractivity contribution in [1.29, 1.82) is 0 Å². The third-order valence-electron chi connectivity index (χ3n) is 7.54. The van der Waals surface area contributed by atoms with Gasteiger partial charge in [-0.05, 0) is 63.8 Å². The fourth-order valence-corrected chi connectivity index (χ4v) is 5.46. The van der Waals surface area contributed by atoms with Crippen molar-refractivity contribution in [2.24, 2.45) is 5.92 Å². The van der Waals surface area contributed by atoms with Crippen LogP contribution >= 0.6 is 0 Å². The predicted molar refractivity (Wildman–Crippen MR) is 141 cm³/mol. The molecule has 1 amide bonds. The number of piperidine rings is 1. The maximum atomic E-state index is 12.9. The van der Waals surface area contributed by atoms with Crippen LogP contribution in [0.15, 0.2) is 29.0 Å². The van der Waals surface area contributed by atoms with Crippen molar-refractivity contribution in [2.45, 2.75) is 40.0 Å². The van der Waals surface area contributed by atoms with Crippen LogP contribution in [0.1, 0.15) is 36.1 Å². The molecule has 3 aromatic rings. The summed E-state index contributed by atoms with van der Waals surface area (Å²) in [5.74, 6) is 0.924. The molecule has 1 atom stereocenters. The molecule has 9 nitrogen and oxygen atoms in total. The van der Waals surface area contributed by atoms with E-state index < -0.39 is 0 Å².